The van der Waals surface area contributed by atoms with E-state index in [1.165, 1.54) is 11.1 Å². The van der Waals surface area contributed by atoms with E-state index in [4.69, 9.17) is 10.2 Å². The van der Waals surface area contributed by atoms with Crippen LogP contribution in [0.4, 0.5) is 0 Å². The number of fused-ring (bicyclic) bond motifs is 2. The summed E-state index contributed by atoms with van der Waals surface area (Å²) >= 11 is 0. The van der Waals surface area contributed by atoms with Crippen LogP contribution in [0, 0.1) is 0 Å². The van der Waals surface area contributed by atoms with Gasteiger partial charge in [0.15, 0.2) is 0 Å². The fourth-order valence-electron chi connectivity index (χ4n) is 5.88. The highest BCUT2D eigenvalue weighted by molar-refractivity contribution is 5.94. The summed E-state index contributed by atoms with van der Waals surface area (Å²) in [6.45, 7) is 4.46. The minimum absolute atomic E-state index is 0.875. The maximum atomic E-state index is 5.19. The molecule has 0 atom stereocenters. The fourth-order valence-corrected chi connectivity index (χ4v) is 5.88. The molecule has 7 aromatic rings. The zero-order chi connectivity index (χ0) is 28.5. The molecule has 0 aliphatic heterocycles. The summed E-state index contributed by atoms with van der Waals surface area (Å²) in [5.74, 6) is 0. The molecule has 0 aliphatic carbocycles. The number of nitrogens with zero attached hydrogens (tertiary/aromatic N) is 6. The van der Waals surface area contributed by atoms with Crippen LogP contribution in [-0.4, -0.2) is 29.5 Å². The van der Waals surface area contributed by atoms with Crippen molar-refractivity contribution in [3.8, 4) is 34.2 Å². The van der Waals surface area contributed by atoms with Crippen molar-refractivity contribution >= 4 is 21.8 Å². The molecule has 0 saturated heterocycles. The summed E-state index contributed by atoms with van der Waals surface area (Å²) in [6.07, 6.45) is 7.54. The highest BCUT2D eigenvalue weighted by Gasteiger charge is 2.21. The second kappa shape index (κ2) is 11.1. The lowest BCUT2D eigenvalue weighted by Crippen LogP contribution is -2.08. The zero-order valence-electron chi connectivity index (χ0n) is 23.9. The average molecular weight is 549 g/mol. The molecular formula is C36H32N6. The Morgan fingerprint density at radius 3 is 1.36 bits per heavy atom. The summed E-state index contributed by atoms with van der Waals surface area (Å²) in [4.78, 5) is 9.26. The van der Waals surface area contributed by atoms with Gasteiger partial charge in [-0.1, -0.05) is 75.2 Å². The van der Waals surface area contributed by atoms with E-state index >= 15 is 0 Å². The van der Waals surface area contributed by atoms with Gasteiger partial charge in [-0.2, -0.15) is 10.2 Å². The largest absolute Gasteiger partial charge is 0.255 e. The number of benzene rings is 3. The van der Waals surface area contributed by atoms with Crippen molar-refractivity contribution in [2.75, 3.05) is 0 Å². The predicted molar refractivity (Wildman–Crippen MR) is 170 cm³/mol. The molecule has 0 N–H and O–H groups in total. The molecule has 0 radical (unpaired) electrons. The Bertz CT molecular complexity index is 1860. The molecule has 6 nitrogen and oxygen atoms in total. The van der Waals surface area contributed by atoms with E-state index in [-0.39, 0.29) is 0 Å². The van der Waals surface area contributed by atoms with Crippen LogP contribution in [0.5, 0.6) is 0 Å². The van der Waals surface area contributed by atoms with Crippen molar-refractivity contribution in [3.05, 3.63) is 121 Å². The first-order valence-electron chi connectivity index (χ1n) is 14.7. The molecule has 3 aromatic carbocycles. The van der Waals surface area contributed by atoms with Crippen molar-refractivity contribution in [2.45, 2.75) is 39.5 Å². The second-order valence-corrected chi connectivity index (χ2v) is 10.6. The standard InChI is InChI=1S/C36H32N6/c1-3-13-25-23-34(42-32-20-8-6-16-28(32)36(40-42)30-18-10-12-22-38-30)26(14-4-2)24-33(25)41-31-19-7-5-15-27(31)35(39-41)29-17-9-11-21-37-29/h5-12,15-24H,3-4,13-14H2,1-2H3. The number of para-hydroxylation sites is 2. The van der Waals surface area contributed by atoms with E-state index < -0.39 is 0 Å². The minimum Gasteiger partial charge on any atom is -0.255 e. The SMILES string of the molecule is CCCc1cc(-n2nc(-c3ccccn3)c3ccccc32)c(CCC)cc1-n1nc(-c2ccccn2)c2ccccc21. The quantitative estimate of drug-likeness (QED) is 0.191. The van der Waals surface area contributed by atoms with Gasteiger partial charge in [-0.25, -0.2) is 9.36 Å². The zero-order valence-corrected chi connectivity index (χ0v) is 23.9. The second-order valence-electron chi connectivity index (χ2n) is 10.6. The minimum atomic E-state index is 0.875. The molecule has 0 spiro atoms. The number of aryl methyl sites for hydroxylation is 2. The van der Waals surface area contributed by atoms with E-state index in [1.807, 2.05) is 48.8 Å². The maximum Gasteiger partial charge on any atom is 0.119 e. The molecule has 0 bridgehead atoms. The number of hydrogen-bond donors (Lipinski definition) is 0. The van der Waals surface area contributed by atoms with E-state index in [0.29, 0.717) is 0 Å². The Balaban J connectivity index is 1.47. The van der Waals surface area contributed by atoms with Gasteiger partial charge in [0.25, 0.3) is 0 Å². The van der Waals surface area contributed by atoms with Gasteiger partial charge in [-0.05, 0) is 72.5 Å². The summed E-state index contributed by atoms with van der Waals surface area (Å²) in [6, 6.07) is 33.5. The van der Waals surface area contributed by atoms with Crippen LogP contribution in [0.15, 0.2) is 109 Å². The monoisotopic (exact) mass is 548 g/mol. The molecular weight excluding hydrogens is 516 g/mol. The molecule has 0 unspecified atom stereocenters. The number of rotatable bonds is 8. The molecule has 0 saturated carbocycles. The lowest BCUT2D eigenvalue weighted by atomic mass is 9.99. The first-order chi connectivity index (χ1) is 20.8. The molecule has 6 heteroatoms. The third-order valence-electron chi connectivity index (χ3n) is 7.76. The molecule has 7 rings (SSSR count). The van der Waals surface area contributed by atoms with E-state index in [0.717, 1.165) is 81.6 Å². The van der Waals surface area contributed by atoms with Crippen LogP contribution in [0.25, 0.3) is 56.0 Å². The molecule has 0 aliphatic rings. The van der Waals surface area contributed by atoms with Crippen molar-refractivity contribution in [1.82, 2.24) is 29.5 Å². The van der Waals surface area contributed by atoms with Gasteiger partial charge in [0.2, 0.25) is 0 Å². The smallest absolute Gasteiger partial charge is 0.119 e. The fraction of sp³-hybridized carbons (Fsp3) is 0.167. The van der Waals surface area contributed by atoms with Crippen molar-refractivity contribution in [1.29, 1.82) is 0 Å². The van der Waals surface area contributed by atoms with E-state index in [2.05, 4.69) is 93.8 Å². The number of hydrogen-bond acceptors (Lipinski definition) is 4. The Morgan fingerprint density at radius 1 is 0.524 bits per heavy atom. The molecule has 4 heterocycles. The van der Waals surface area contributed by atoms with Crippen LogP contribution >= 0.6 is 0 Å². The van der Waals surface area contributed by atoms with Gasteiger partial charge in [-0.15, -0.1) is 0 Å². The highest BCUT2D eigenvalue weighted by atomic mass is 15.3. The normalized spacial score (nSPS) is 11.5. The van der Waals surface area contributed by atoms with Gasteiger partial charge < -0.3 is 0 Å². The van der Waals surface area contributed by atoms with Crippen LogP contribution < -0.4 is 0 Å². The van der Waals surface area contributed by atoms with Gasteiger partial charge >= 0.3 is 0 Å². The van der Waals surface area contributed by atoms with Crippen molar-refractivity contribution in [2.24, 2.45) is 0 Å². The molecule has 206 valence electrons. The average Bonchev–Trinajstić information content (AvgIpc) is 3.62. The van der Waals surface area contributed by atoms with Gasteiger partial charge in [0, 0.05) is 23.2 Å². The van der Waals surface area contributed by atoms with Crippen LogP contribution in [0.3, 0.4) is 0 Å². The summed E-state index contributed by atoms with van der Waals surface area (Å²) in [5.41, 5.74) is 10.4. The topological polar surface area (TPSA) is 61.4 Å². The first kappa shape index (κ1) is 25.8. The Hall–Kier alpha value is -5.10. The van der Waals surface area contributed by atoms with Crippen LogP contribution in [0.1, 0.15) is 37.8 Å². The maximum absolute atomic E-state index is 5.19. The van der Waals surface area contributed by atoms with Gasteiger partial charge in [0.05, 0.1) is 33.8 Å². The van der Waals surface area contributed by atoms with Crippen LogP contribution in [-0.2, 0) is 12.8 Å². The highest BCUT2D eigenvalue weighted by Crippen LogP contribution is 2.35. The molecule has 0 amide bonds. The van der Waals surface area contributed by atoms with E-state index in [9.17, 15) is 0 Å². The van der Waals surface area contributed by atoms with Gasteiger partial charge in [0.1, 0.15) is 11.4 Å². The summed E-state index contributed by atoms with van der Waals surface area (Å²) in [5, 5.41) is 12.6. The third-order valence-corrected chi connectivity index (χ3v) is 7.76. The first-order valence-corrected chi connectivity index (χ1v) is 14.7. The van der Waals surface area contributed by atoms with Crippen molar-refractivity contribution in [3.63, 3.8) is 0 Å². The van der Waals surface area contributed by atoms with Gasteiger partial charge in [-0.3, -0.25) is 9.97 Å². The summed E-state index contributed by atoms with van der Waals surface area (Å²) < 4.78 is 4.24. The molecule has 4 aromatic heterocycles. The molecule has 0 fully saturated rings. The predicted octanol–water partition coefficient (Wildman–Crippen LogP) is 8.39. The lowest BCUT2D eigenvalue weighted by Gasteiger charge is -2.18. The van der Waals surface area contributed by atoms with E-state index in [1.54, 1.807) is 0 Å². The third kappa shape index (κ3) is 4.45. The Morgan fingerprint density at radius 2 is 0.952 bits per heavy atom. The van der Waals surface area contributed by atoms with Crippen LogP contribution in [0.2, 0.25) is 0 Å². The summed E-state index contributed by atoms with van der Waals surface area (Å²) in [7, 11) is 0. The Kier molecular flexibility index (Phi) is 6.80. The van der Waals surface area contributed by atoms with Crippen molar-refractivity contribution < 1.29 is 0 Å². The number of pyridine rings is 2. The number of aromatic nitrogens is 6. The molecule has 42 heavy (non-hydrogen) atoms. The Labute approximate surface area is 245 Å². The lowest BCUT2D eigenvalue weighted by molar-refractivity contribution is 0.825.